The summed E-state index contributed by atoms with van der Waals surface area (Å²) in [6.45, 7) is 2.57. The summed E-state index contributed by atoms with van der Waals surface area (Å²) in [5.74, 6) is -0.117. The van der Waals surface area contributed by atoms with Crippen molar-refractivity contribution >= 4 is 21.6 Å². The number of anilines is 1. The van der Waals surface area contributed by atoms with Crippen molar-refractivity contribution in [2.75, 3.05) is 45.2 Å². The van der Waals surface area contributed by atoms with Crippen molar-refractivity contribution in [1.82, 2.24) is 4.31 Å². The maximum Gasteiger partial charge on any atom is 0.243 e. The van der Waals surface area contributed by atoms with Crippen LogP contribution in [0, 0.1) is 5.82 Å². The first-order valence-electron chi connectivity index (χ1n) is 9.42. The highest BCUT2D eigenvalue weighted by atomic mass is 32.2. The highest BCUT2D eigenvalue weighted by Crippen LogP contribution is 2.19. The van der Waals surface area contributed by atoms with Crippen LogP contribution in [0.3, 0.4) is 0 Å². The van der Waals surface area contributed by atoms with E-state index in [0.29, 0.717) is 38.5 Å². The minimum Gasteiger partial charge on any atom is -0.497 e. The lowest BCUT2D eigenvalue weighted by molar-refractivity contribution is -0.903. The molecular weight excluding hydrogens is 397 g/mol. The second kappa shape index (κ2) is 9.34. The van der Waals surface area contributed by atoms with E-state index >= 15 is 0 Å². The van der Waals surface area contributed by atoms with Crippen molar-refractivity contribution in [3.63, 3.8) is 0 Å². The van der Waals surface area contributed by atoms with Crippen LogP contribution in [-0.4, -0.2) is 58.5 Å². The number of ether oxygens (including phenoxy) is 1. The number of amides is 1. The number of nitrogens with zero attached hydrogens (tertiary/aromatic N) is 1. The van der Waals surface area contributed by atoms with E-state index in [1.54, 1.807) is 36.4 Å². The first kappa shape index (κ1) is 21.2. The molecular formula is C20H25FN3O4S+. The molecule has 0 unspecified atom stereocenters. The van der Waals surface area contributed by atoms with Crippen molar-refractivity contribution in [3.8, 4) is 5.75 Å². The number of quaternary nitrogens is 1. The Labute approximate surface area is 170 Å². The van der Waals surface area contributed by atoms with E-state index in [9.17, 15) is 17.6 Å². The van der Waals surface area contributed by atoms with E-state index in [1.165, 1.54) is 23.5 Å². The van der Waals surface area contributed by atoms with E-state index in [0.717, 1.165) is 4.90 Å². The summed E-state index contributed by atoms with van der Waals surface area (Å²) in [7, 11) is -2.01. The van der Waals surface area contributed by atoms with Crippen LogP contribution >= 0.6 is 0 Å². The number of carbonyl (C=O) groups excluding carboxylic acids is 1. The molecule has 29 heavy (non-hydrogen) atoms. The maximum atomic E-state index is 13.6. The monoisotopic (exact) mass is 422 g/mol. The number of benzene rings is 2. The molecule has 1 saturated heterocycles. The highest BCUT2D eigenvalue weighted by molar-refractivity contribution is 7.89. The minimum absolute atomic E-state index is 0.169. The Morgan fingerprint density at radius 3 is 2.41 bits per heavy atom. The van der Waals surface area contributed by atoms with Gasteiger partial charge >= 0.3 is 0 Å². The maximum absolute atomic E-state index is 13.6. The average molecular weight is 423 g/mol. The normalized spacial score (nSPS) is 15.8. The fourth-order valence-electron chi connectivity index (χ4n) is 3.26. The van der Waals surface area contributed by atoms with Crippen molar-refractivity contribution in [3.05, 3.63) is 54.3 Å². The van der Waals surface area contributed by atoms with Crippen LogP contribution < -0.4 is 15.0 Å². The Hall–Kier alpha value is -2.49. The van der Waals surface area contributed by atoms with Gasteiger partial charge in [0, 0.05) is 0 Å². The number of carbonyl (C=O) groups is 1. The lowest BCUT2D eigenvalue weighted by Gasteiger charge is -2.31. The lowest BCUT2D eigenvalue weighted by Crippen LogP contribution is -3.14. The van der Waals surface area contributed by atoms with Gasteiger partial charge in [-0.05, 0) is 36.4 Å². The largest absolute Gasteiger partial charge is 0.497 e. The fourth-order valence-corrected chi connectivity index (χ4v) is 4.70. The molecule has 0 aliphatic carbocycles. The first-order chi connectivity index (χ1) is 13.9. The number of sulfonamides is 1. The zero-order valence-corrected chi connectivity index (χ0v) is 17.0. The van der Waals surface area contributed by atoms with Gasteiger partial charge in [-0.3, -0.25) is 4.79 Å². The molecule has 0 radical (unpaired) electrons. The standard InChI is InChI=1S/C20H24FN3O4S/c1-28-16-6-8-17(9-7-16)29(26,27)24-14-12-23(13-15-24)11-10-20(25)22-19-5-3-2-4-18(19)21/h2-9H,10-15H2,1H3,(H,22,25)/p+1. The number of para-hydroxylation sites is 1. The Kier molecular flexibility index (Phi) is 6.83. The van der Waals surface area contributed by atoms with E-state index in [-0.39, 0.29) is 22.9 Å². The van der Waals surface area contributed by atoms with Crippen LogP contribution in [0.1, 0.15) is 6.42 Å². The Bertz CT molecular complexity index is 942. The van der Waals surface area contributed by atoms with Crippen molar-refractivity contribution < 1.29 is 27.2 Å². The van der Waals surface area contributed by atoms with Crippen LogP contribution in [0.25, 0.3) is 0 Å². The summed E-state index contributed by atoms with van der Waals surface area (Å²) in [5.41, 5.74) is 0.169. The fraction of sp³-hybridized carbons (Fsp3) is 0.350. The number of piperazine rings is 1. The van der Waals surface area contributed by atoms with Gasteiger partial charge < -0.3 is 15.0 Å². The van der Waals surface area contributed by atoms with Gasteiger partial charge in [-0.2, -0.15) is 4.31 Å². The van der Waals surface area contributed by atoms with Gasteiger partial charge in [-0.25, -0.2) is 12.8 Å². The second-order valence-corrected chi connectivity index (χ2v) is 8.80. The molecule has 0 atom stereocenters. The van der Waals surface area contributed by atoms with Gasteiger partial charge in [-0.15, -0.1) is 0 Å². The quantitative estimate of drug-likeness (QED) is 0.690. The summed E-state index contributed by atoms with van der Waals surface area (Å²) in [6, 6.07) is 12.4. The molecule has 1 heterocycles. The van der Waals surface area contributed by atoms with Gasteiger partial charge in [0.25, 0.3) is 0 Å². The molecule has 1 fully saturated rings. The highest BCUT2D eigenvalue weighted by Gasteiger charge is 2.30. The predicted molar refractivity (Wildman–Crippen MR) is 107 cm³/mol. The number of hydrogen-bond donors (Lipinski definition) is 2. The van der Waals surface area contributed by atoms with Crippen molar-refractivity contribution in [2.45, 2.75) is 11.3 Å². The molecule has 156 valence electrons. The number of halogens is 1. The van der Waals surface area contributed by atoms with Crippen molar-refractivity contribution in [1.29, 1.82) is 0 Å². The number of hydrogen-bond acceptors (Lipinski definition) is 4. The third kappa shape index (κ3) is 5.31. The Morgan fingerprint density at radius 1 is 1.14 bits per heavy atom. The van der Waals surface area contributed by atoms with E-state index in [2.05, 4.69) is 5.32 Å². The molecule has 2 N–H and O–H groups in total. The average Bonchev–Trinajstić information content (AvgIpc) is 2.74. The van der Waals surface area contributed by atoms with Crippen LogP contribution in [0.2, 0.25) is 0 Å². The zero-order valence-electron chi connectivity index (χ0n) is 16.2. The van der Waals surface area contributed by atoms with E-state index < -0.39 is 15.8 Å². The van der Waals surface area contributed by atoms with Gasteiger partial charge in [0.05, 0.1) is 56.8 Å². The first-order valence-corrected chi connectivity index (χ1v) is 10.9. The summed E-state index contributed by atoms with van der Waals surface area (Å²) in [6.07, 6.45) is 0.245. The minimum atomic E-state index is -3.54. The number of nitrogens with one attached hydrogen (secondary N) is 2. The van der Waals surface area contributed by atoms with Gasteiger partial charge in [-0.1, -0.05) is 12.1 Å². The van der Waals surface area contributed by atoms with Crippen LogP contribution in [-0.2, 0) is 14.8 Å². The lowest BCUT2D eigenvalue weighted by atomic mass is 10.2. The van der Waals surface area contributed by atoms with E-state index in [1.807, 2.05) is 0 Å². The second-order valence-electron chi connectivity index (χ2n) is 6.86. The van der Waals surface area contributed by atoms with E-state index in [4.69, 9.17) is 4.74 Å². The summed E-state index contributed by atoms with van der Waals surface area (Å²) >= 11 is 0. The molecule has 1 amide bonds. The number of methoxy groups -OCH3 is 1. The van der Waals surface area contributed by atoms with Crippen molar-refractivity contribution in [2.24, 2.45) is 0 Å². The van der Waals surface area contributed by atoms with Gasteiger partial charge in [0.15, 0.2) is 0 Å². The summed E-state index contributed by atoms with van der Waals surface area (Å²) in [5, 5.41) is 2.57. The Balaban J connectivity index is 1.48. The van der Waals surface area contributed by atoms with Crippen LogP contribution in [0.5, 0.6) is 5.75 Å². The molecule has 2 aromatic carbocycles. The molecule has 0 spiro atoms. The molecule has 9 heteroatoms. The third-order valence-corrected chi connectivity index (χ3v) is 6.89. The SMILES string of the molecule is COc1ccc(S(=O)(=O)N2CC[NH+](CCC(=O)Nc3ccccc3F)CC2)cc1. The molecule has 0 aromatic heterocycles. The predicted octanol–water partition coefficient (Wildman–Crippen LogP) is 0.752. The van der Waals surface area contributed by atoms with Gasteiger partial charge in [0.1, 0.15) is 11.6 Å². The Morgan fingerprint density at radius 2 is 1.79 bits per heavy atom. The summed E-state index contributed by atoms with van der Waals surface area (Å²) in [4.78, 5) is 13.5. The number of rotatable bonds is 7. The summed E-state index contributed by atoms with van der Waals surface area (Å²) < 4.78 is 45.7. The molecule has 7 nitrogen and oxygen atoms in total. The molecule has 3 rings (SSSR count). The van der Waals surface area contributed by atoms with Crippen LogP contribution in [0.15, 0.2) is 53.4 Å². The molecule has 0 bridgehead atoms. The molecule has 1 aliphatic heterocycles. The smallest absolute Gasteiger partial charge is 0.243 e. The molecule has 2 aromatic rings. The topological polar surface area (TPSA) is 80.2 Å². The van der Waals surface area contributed by atoms with Gasteiger partial charge in [0.2, 0.25) is 15.9 Å². The zero-order chi connectivity index (χ0) is 20.9. The molecule has 1 aliphatic rings. The van der Waals surface area contributed by atoms with Crippen LogP contribution in [0.4, 0.5) is 10.1 Å². The third-order valence-electron chi connectivity index (χ3n) is 4.98. The molecule has 0 saturated carbocycles.